The summed E-state index contributed by atoms with van der Waals surface area (Å²) >= 11 is 0. The van der Waals surface area contributed by atoms with Crippen LogP contribution in [0.15, 0.2) is 47.4 Å². The molecule has 2 aliphatic carbocycles. The second kappa shape index (κ2) is 11.2. The SMILES string of the molecule is CN1CCC(O)(CNC(=O)[C@@H]2CC[C@@]3(S(=O)(=O)c4ccc(F)cc4)c4ccc(C(F)(C(F)(F)F)C(F)(F)F)cc4CC[C@@H]23)CC1. The number of fused-ring (bicyclic) bond motifs is 3. The number of aryl methyl sites for hydroxylation is 1. The lowest BCUT2D eigenvalue weighted by Crippen LogP contribution is -2.52. The summed E-state index contributed by atoms with van der Waals surface area (Å²) < 4.78 is 137. The van der Waals surface area contributed by atoms with Crippen molar-refractivity contribution in [3.05, 3.63) is 65.0 Å². The predicted octanol–water partition coefficient (Wildman–Crippen LogP) is 5.33. The lowest BCUT2D eigenvalue weighted by Gasteiger charge is -2.43. The fourth-order valence-corrected chi connectivity index (χ4v) is 9.76. The third kappa shape index (κ3) is 5.41. The molecule has 3 aliphatic rings. The van der Waals surface area contributed by atoms with E-state index in [9.17, 15) is 53.4 Å². The molecule has 0 spiro atoms. The van der Waals surface area contributed by atoms with Gasteiger partial charge in [0.1, 0.15) is 10.6 Å². The number of piperidine rings is 1. The van der Waals surface area contributed by atoms with Crippen LogP contribution in [0.3, 0.4) is 0 Å². The Morgan fingerprint density at radius 3 is 2.13 bits per heavy atom. The van der Waals surface area contributed by atoms with Gasteiger partial charge in [0, 0.05) is 31.1 Å². The number of sulfone groups is 1. The highest BCUT2D eigenvalue weighted by Gasteiger charge is 2.74. The molecule has 0 bridgehead atoms. The van der Waals surface area contributed by atoms with Crippen LogP contribution in [0.5, 0.6) is 0 Å². The zero-order valence-electron chi connectivity index (χ0n) is 24.1. The van der Waals surface area contributed by atoms with E-state index in [2.05, 4.69) is 5.32 Å². The standard InChI is InChI=1S/C30H32F8N2O4S/c1-40-14-12-26(42,13-15-40)17-39-25(41)22-10-11-27(45(43,44)21-6-4-20(31)5-7-21)23-9-3-19(16-18(23)2-8-24(22)27)28(32,29(33,34)35)30(36,37)38/h3-7,9,16,22,24,42H,2,8,10-15,17H2,1H3,(H,39,41)/t22-,24+,27-/m1/s1. The molecule has 0 unspecified atom stereocenters. The summed E-state index contributed by atoms with van der Waals surface area (Å²) in [4.78, 5) is 15.2. The number of alkyl halides is 7. The van der Waals surface area contributed by atoms with Gasteiger partial charge in [0.2, 0.25) is 5.91 Å². The predicted molar refractivity (Wildman–Crippen MR) is 146 cm³/mol. The van der Waals surface area contributed by atoms with E-state index >= 15 is 0 Å². The fourth-order valence-electron chi connectivity index (χ4n) is 7.29. The van der Waals surface area contributed by atoms with Crippen LogP contribution in [0.4, 0.5) is 35.1 Å². The minimum absolute atomic E-state index is 0.00255. The number of nitrogens with one attached hydrogen (secondary N) is 1. The lowest BCUT2D eigenvalue weighted by molar-refractivity contribution is -0.348. The molecular weight excluding hydrogens is 636 g/mol. The molecule has 15 heteroatoms. The summed E-state index contributed by atoms with van der Waals surface area (Å²) in [5.41, 5.74) is -8.95. The second-order valence-electron chi connectivity index (χ2n) is 12.4. The van der Waals surface area contributed by atoms with Crippen LogP contribution in [0.1, 0.15) is 48.8 Å². The van der Waals surface area contributed by atoms with Crippen LogP contribution in [-0.2, 0) is 31.5 Å². The van der Waals surface area contributed by atoms with E-state index in [0.29, 0.717) is 38.1 Å². The monoisotopic (exact) mass is 668 g/mol. The van der Waals surface area contributed by atoms with Gasteiger partial charge in [-0.05, 0) is 86.9 Å². The minimum atomic E-state index is -6.36. The molecule has 5 rings (SSSR count). The first-order chi connectivity index (χ1) is 20.8. The quantitative estimate of drug-likeness (QED) is 0.321. The fraction of sp³-hybridized carbons (Fsp3) is 0.567. The van der Waals surface area contributed by atoms with Crippen molar-refractivity contribution >= 4 is 15.7 Å². The van der Waals surface area contributed by atoms with Crippen LogP contribution in [-0.4, -0.2) is 69.0 Å². The van der Waals surface area contributed by atoms with Crippen molar-refractivity contribution in [1.82, 2.24) is 10.2 Å². The number of hydrogen-bond acceptors (Lipinski definition) is 5. The van der Waals surface area contributed by atoms with E-state index in [0.717, 1.165) is 30.3 Å². The van der Waals surface area contributed by atoms with E-state index < -0.39 is 67.3 Å². The summed E-state index contributed by atoms with van der Waals surface area (Å²) in [5.74, 6) is -3.20. The summed E-state index contributed by atoms with van der Waals surface area (Å²) in [5, 5.41) is 13.7. The molecule has 1 amide bonds. The zero-order valence-corrected chi connectivity index (χ0v) is 24.9. The van der Waals surface area contributed by atoms with Gasteiger partial charge in [-0.1, -0.05) is 18.2 Å². The smallest absolute Gasteiger partial charge is 0.388 e. The van der Waals surface area contributed by atoms with E-state index in [4.69, 9.17) is 0 Å². The maximum Gasteiger partial charge on any atom is 0.435 e. The van der Waals surface area contributed by atoms with E-state index in [1.807, 2.05) is 11.9 Å². The third-order valence-electron chi connectivity index (χ3n) is 9.83. The Hall–Kier alpha value is -2.78. The molecular formula is C30H32F8N2O4S. The largest absolute Gasteiger partial charge is 0.435 e. The number of nitrogens with zero attached hydrogens (tertiary/aromatic N) is 1. The van der Waals surface area contributed by atoms with Crippen molar-refractivity contribution in [1.29, 1.82) is 0 Å². The van der Waals surface area contributed by atoms with Gasteiger partial charge in [-0.3, -0.25) is 4.79 Å². The molecule has 2 N–H and O–H groups in total. The molecule has 1 saturated heterocycles. The Balaban J connectivity index is 1.57. The second-order valence-corrected chi connectivity index (χ2v) is 14.6. The molecule has 1 aliphatic heterocycles. The molecule has 2 aromatic carbocycles. The topological polar surface area (TPSA) is 86.7 Å². The minimum Gasteiger partial charge on any atom is -0.388 e. The zero-order chi connectivity index (χ0) is 33.2. The van der Waals surface area contributed by atoms with Crippen molar-refractivity contribution in [3.63, 3.8) is 0 Å². The van der Waals surface area contributed by atoms with E-state index in [1.165, 1.54) is 0 Å². The Bertz CT molecular complexity index is 1540. The van der Waals surface area contributed by atoms with E-state index in [1.54, 1.807) is 0 Å². The molecule has 45 heavy (non-hydrogen) atoms. The highest BCUT2D eigenvalue weighted by Crippen LogP contribution is 2.60. The van der Waals surface area contributed by atoms with Gasteiger partial charge in [0.05, 0.1) is 10.5 Å². The Morgan fingerprint density at radius 2 is 1.56 bits per heavy atom. The van der Waals surface area contributed by atoms with Crippen molar-refractivity contribution in [3.8, 4) is 0 Å². The Morgan fingerprint density at radius 1 is 0.956 bits per heavy atom. The van der Waals surface area contributed by atoms with Crippen molar-refractivity contribution in [2.24, 2.45) is 11.8 Å². The molecule has 0 radical (unpaired) electrons. The summed E-state index contributed by atoms with van der Waals surface area (Å²) in [6.45, 7) is 1.10. The molecule has 1 heterocycles. The molecule has 3 atom stereocenters. The number of halogens is 8. The lowest BCUT2D eigenvalue weighted by atomic mass is 9.72. The molecule has 2 aromatic rings. The van der Waals surface area contributed by atoms with Gasteiger partial charge in [0.25, 0.3) is 0 Å². The average Bonchev–Trinajstić information content (AvgIpc) is 3.38. The molecule has 6 nitrogen and oxygen atoms in total. The number of benzene rings is 2. The highest BCUT2D eigenvalue weighted by molar-refractivity contribution is 7.92. The Kier molecular flexibility index (Phi) is 8.34. The summed E-state index contributed by atoms with van der Waals surface area (Å²) in [7, 11) is -2.67. The number of hydrogen-bond donors (Lipinski definition) is 2. The average molecular weight is 669 g/mol. The molecule has 248 valence electrons. The van der Waals surface area contributed by atoms with Crippen molar-refractivity contribution < 1.29 is 53.4 Å². The van der Waals surface area contributed by atoms with Gasteiger partial charge < -0.3 is 15.3 Å². The highest BCUT2D eigenvalue weighted by atomic mass is 32.2. The van der Waals surface area contributed by atoms with E-state index in [-0.39, 0.29) is 48.3 Å². The number of carbonyl (C=O) groups excluding carboxylic acids is 1. The molecule has 2 fully saturated rings. The van der Waals surface area contributed by atoms with Gasteiger partial charge in [0.15, 0.2) is 9.84 Å². The number of aliphatic hydroxyl groups is 1. The number of rotatable bonds is 6. The molecule has 1 saturated carbocycles. The van der Waals surface area contributed by atoms with Gasteiger partial charge in [-0.2, -0.15) is 26.3 Å². The molecule has 0 aromatic heterocycles. The first kappa shape index (κ1) is 33.6. The normalized spacial score (nSPS) is 25.8. The third-order valence-corrected chi connectivity index (χ3v) is 12.4. The van der Waals surface area contributed by atoms with Crippen LogP contribution >= 0.6 is 0 Å². The van der Waals surface area contributed by atoms with Crippen LogP contribution in [0, 0.1) is 17.7 Å². The number of likely N-dealkylation sites (tertiary alicyclic amines) is 1. The van der Waals surface area contributed by atoms with Crippen LogP contribution in [0.25, 0.3) is 0 Å². The maximum absolute atomic E-state index is 15.0. The Labute approximate surface area is 254 Å². The number of amides is 1. The van der Waals surface area contributed by atoms with Crippen LogP contribution in [0.2, 0.25) is 0 Å². The first-order valence-corrected chi connectivity index (χ1v) is 15.9. The maximum atomic E-state index is 15.0. The summed E-state index contributed by atoms with van der Waals surface area (Å²) in [6.07, 6.45) is -12.5. The van der Waals surface area contributed by atoms with Crippen molar-refractivity contribution in [2.45, 2.75) is 71.8 Å². The van der Waals surface area contributed by atoms with Crippen molar-refractivity contribution in [2.75, 3.05) is 26.7 Å². The number of carbonyl (C=O) groups is 1. The van der Waals surface area contributed by atoms with Gasteiger partial charge in [-0.15, -0.1) is 0 Å². The summed E-state index contributed by atoms with van der Waals surface area (Å²) in [6, 6.07) is 5.30. The van der Waals surface area contributed by atoms with Gasteiger partial charge in [-0.25, -0.2) is 17.2 Å². The van der Waals surface area contributed by atoms with Crippen LogP contribution < -0.4 is 5.32 Å². The first-order valence-electron chi connectivity index (χ1n) is 14.4. The van der Waals surface area contributed by atoms with Gasteiger partial charge >= 0.3 is 18.0 Å².